The Kier molecular flexibility index (Phi) is 4.54. The first kappa shape index (κ1) is 13.5. The van der Waals surface area contributed by atoms with E-state index in [2.05, 4.69) is 11.9 Å². The molecule has 1 aromatic rings. The highest BCUT2D eigenvalue weighted by Crippen LogP contribution is 2.22. The molecule has 90 valence electrons. The van der Waals surface area contributed by atoms with Crippen LogP contribution in [0.15, 0.2) is 30.4 Å². The van der Waals surface area contributed by atoms with Crippen LogP contribution in [0.1, 0.15) is 6.42 Å². The van der Waals surface area contributed by atoms with E-state index < -0.39 is 11.9 Å². The van der Waals surface area contributed by atoms with Gasteiger partial charge in [0.15, 0.2) is 0 Å². The highest BCUT2D eigenvalue weighted by Gasteiger charge is 2.10. The van der Waals surface area contributed by atoms with Crippen LogP contribution in [0.2, 0.25) is 10.0 Å². The molecule has 0 spiro atoms. The van der Waals surface area contributed by atoms with Gasteiger partial charge in [0.25, 0.3) is 0 Å². The highest BCUT2D eigenvalue weighted by molar-refractivity contribution is 6.35. The van der Waals surface area contributed by atoms with Gasteiger partial charge in [-0.3, -0.25) is 4.79 Å². The Labute approximate surface area is 108 Å². The molecule has 2 N–H and O–H groups in total. The lowest BCUT2D eigenvalue weighted by atomic mass is 10.2. The third-order valence-corrected chi connectivity index (χ3v) is 2.26. The lowest BCUT2D eigenvalue weighted by molar-refractivity contribution is -0.133. The minimum Gasteiger partial charge on any atom is -0.478 e. The number of hydrogen-bond acceptors (Lipinski definition) is 2. The summed E-state index contributed by atoms with van der Waals surface area (Å²) in [6.07, 6.45) is -0.292. The Morgan fingerprint density at radius 3 is 2.24 bits per heavy atom. The summed E-state index contributed by atoms with van der Waals surface area (Å²) < 4.78 is 0. The van der Waals surface area contributed by atoms with Crippen LogP contribution in [-0.2, 0) is 9.59 Å². The van der Waals surface area contributed by atoms with E-state index in [1.165, 1.54) is 18.2 Å². The van der Waals surface area contributed by atoms with Crippen LogP contribution >= 0.6 is 23.2 Å². The second kappa shape index (κ2) is 5.70. The van der Waals surface area contributed by atoms with Gasteiger partial charge in [0, 0.05) is 21.3 Å². The number of nitrogens with one attached hydrogen (secondary N) is 1. The van der Waals surface area contributed by atoms with Gasteiger partial charge in [0.05, 0.1) is 6.42 Å². The minimum atomic E-state index is -1.20. The Bertz CT molecular complexity index is 465. The summed E-state index contributed by atoms with van der Waals surface area (Å²) in [5.74, 6) is -1.69. The van der Waals surface area contributed by atoms with Gasteiger partial charge in [0.1, 0.15) is 0 Å². The molecule has 0 saturated heterocycles. The fourth-order valence-electron chi connectivity index (χ4n) is 1.10. The Morgan fingerprint density at radius 2 is 1.76 bits per heavy atom. The number of aliphatic carboxylic acids is 1. The SMILES string of the molecule is C=C(CC(=O)Nc1cc(Cl)cc(Cl)c1)C(=O)O. The van der Waals surface area contributed by atoms with E-state index in [0.717, 1.165) is 0 Å². The molecule has 0 heterocycles. The van der Waals surface area contributed by atoms with Crippen molar-refractivity contribution in [3.8, 4) is 0 Å². The fraction of sp³-hybridized carbons (Fsp3) is 0.0909. The molecule has 17 heavy (non-hydrogen) atoms. The Hall–Kier alpha value is -1.52. The normalized spacial score (nSPS) is 9.76. The van der Waals surface area contributed by atoms with Crippen LogP contribution in [0, 0.1) is 0 Å². The number of carboxylic acids is 1. The summed E-state index contributed by atoms with van der Waals surface area (Å²) in [5, 5.41) is 11.8. The third kappa shape index (κ3) is 4.46. The molecule has 0 aliphatic heterocycles. The molecule has 0 aliphatic rings. The molecule has 1 aromatic carbocycles. The van der Waals surface area contributed by atoms with Gasteiger partial charge >= 0.3 is 5.97 Å². The van der Waals surface area contributed by atoms with E-state index in [1.807, 2.05) is 0 Å². The maximum atomic E-state index is 11.4. The maximum Gasteiger partial charge on any atom is 0.331 e. The largest absolute Gasteiger partial charge is 0.478 e. The van der Waals surface area contributed by atoms with Crippen molar-refractivity contribution in [2.24, 2.45) is 0 Å². The summed E-state index contributed by atoms with van der Waals surface area (Å²) >= 11 is 11.5. The molecule has 1 rings (SSSR count). The van der Waals surface area contributed by atoms with E-state index in [4.69, 9.17) is 28.3 Å². The van der Waals surface area contributed by atoms with Crippen LogP contribution in [0.5, 0.6) is 0 Å². The predicted octanol–water partition coefficient (Wildman–Crippen LogP) is 2.96. The maximum absolute atomic E-state index is 11.4. The quantitative estimate of drug-likeness (QED) is 0.829. The number of hydrogen-bond donors (Lipinski definition) is 2. The van der Waals surface area contributed by atoms with Crippen molar-refractivity contribution in [3.63, 3.8) is 0 Å². The molecule has 0 unspecified atom stereocenters. The van der Waals surface area contributed by atoms with Gasteiger partial charge in [-0.1, -0.05) is 29.8 Å². The number of carbonyl (C=O) groups excluding carboxylic acids is 1. The molecular weight excluding hydrogens is 265 g/mol. The topological polar surface area (TPSA) is 66.4 Å². The second-order valence-corrected chi connectivity index (χ2v) is 4.16. The molecule has 0 aliphatic carbocycles. The van der Waals surface area contributed by atoms with E-state index in [-0.39, 0.29) is 12.0 Å². The van der Waals surface area contributed by atoms with Crippen LogP contribution in [-0.4, -0.2) is 17.0 Å². The molecule has 0 bridgehead atoms. The monoisotopic (exact) mass is 273 g/mol. The van der Waals surface area contributed by atoms with Crippen molar-refractivity contribution >= 4 is 40.8 Å². The average Bonchev–Trinajstić information content (AvgIpc) is 2.14. The molecule has 1 amide bonds. The van der Waals surface area contributed by atoms with E-state index in [1.54, 1.807) is 0 Å². The van der Waals surface area contributed by atoms with Crippen molar-refractivity contribution in [1.29, 1.82) is 0 Å². The smallest absolute Gasteiger partial charge is 0.331 e. The molecule has 0 fully saturated rings. The molecule has 0 saturated carbocycles. The zero-order valence-corrected chi connectivity index (χ0v) is 10.2. The van der Waals surface area contributed by atoms with Crippen molar-refractivity contribution in [2.45, 2.75) is 6.42 Å². The lowest BCUT2D eigenvalue weighted by Gasteiger charge is -2.06. The van der Waals surface area contributed by atoms with Crippen LogP contribution < -0.4 is 5.32 Å². The number of carbonyl (C=O) groups is 2. The van der Waals surface area contributed by atoms with Gasteiger partial charge in [0.2, 0.25) is 5.91 Å². The number of benzene rings is 1. The number of rotatable bonds is 4. The van der Waals surface area contributed by atoms with Gasteiger partial charge in [-0.25, -0.2) is 4.79 Å². The van der Waals surface area contributed by atoms with Gasteiger partial charge in [-0.15, -0.1) is 0 Å². The number of halogens is 2. The van der Waals surface area contributed by atoms with Crippen LogP contribution in [0.3, 0.4) is 0 Å². The van der Waals surface area contributed by atoms with E-state index >= 15 is 0 Å². The summed E-state index contributed by atoms with van der Waals surface area (Å²) in [7, 11) is 0. The van der Waals surface area contributed by atoms with Gasteiger partial charge in [-0.05, 0) is 18.2 Å². The van der Waals surface area contributed by atoms with Crippen LogP contribution in [0.4, 0.5) is 5.69 Å². The summed E-state index contributed by atoms with van der Waals surface area (Å²) in [4.78, 5) is 21.9. The Balaban J connectivity index is 2.68. The van der Waals surface area contributed by atoms with Gasteiger partial charge in [-0.2, -0.15) is 0 Å². The van der Waals surface area contributed by atoms with E-state index in [0.29, 0.717) is 15.7 Å². The highest BCUT2D eigenvalue weighted by atomic mass is 35.5. The molecule has 6 heteroatoms. The molecule has 0 aromatic heterocycles. The number of carboxylic acid groups (broad SMARTS) is 1. The standard InChI is InChI=1S/C11H9Cl2NO3/c1-6(11(16)17)2-10(15)14-9-4-7(12)3-8(13)5-9/h3-5H,1-2H2,(H,14,15)(H,16,17). The minimum absolute atomic E-state index is 0.185. The zero-order valence-electron chi connectivity index (χ0n) is 8.67. The lowest BCUT2D eigenvalue weighted by Crippen LogP contribution is -2.14. The van der Waals surface area contributed by atoms with Crippen LogP contribution in [0.25, 0.3) is 0 Å². The number of anilines is 1. The van der Waals surface area contributed by atoms with Crippen molar-refractivity contribution in [1.82, 2.24) is 0 Å². The first-order valence-corrected chi connectivity index (χ1v) is 5.31. The predicted molar refractivity (Wildman–Crippen MR) is 66.5 cm³/mol. The first-order chi connectivity index (χ1) is 7.88. The first-order valence-electron chi connectivity index (χ1n) is 4.55. The fourth-order valence-corrected chi connectivity index (χ4v) is 1.63. The van der Waals surface area contributed by atoms with Crippen molar-refractivity contribution in [2.75, 3.05) is 5.32 Å². The summed E-state index contributed by atoms with van der Waals surface area (Å²) in [6.45, 7) is 3.26. The second-order valence-electron chi connectivity index (χ2n) is 3.29. The van der Waals surface area contributed by atoms with E-state index in [9.17, 15) is 9.59 Å². The summed E-state index contributed by atoms with van der Waals surface area (Å²) in [6, 6.07) is 4.54. The van der Waals surface area contributed by atoms with Crippen molar-refractivity contribution < 1.29 is 14.7 Å². The summed E-state index contributed by atoms with van der Waals surface area (Å²) in [5.41, 5.74) is 0.223. The van der Waals surface area contributed by atoms with Crippen molar-refractivity contribution in [3.05, 3.63) is 40.4 Å². The zero-order chi connectivity index (χ0) is 13.0. The number of amides is 1. The third-order valence-electron chi connectivity index (χ3n) is 1.82. The Morgan fingerprint density at radius 1 is 1.24 bits per heavy atom. The molecular formula is C11H9Cl2NO3. The molecule has 4 nitrogen and oxygen atoms in total. The molecule has 0 atom stereocenters. The molecule has 0 radical (unpaired) electrons. The van der Waals surface area contributed by atoms with Gasteiger partial charge < -0.3 is 10.4 Å². The average molecular weight is 274 g/mol.